The van der Waals surface area contributed by atoms with Crippen LogP contribution in [0.15, 0.2) is 23.1 Å². The quantitative estimate of drug-likeness (QED) is 0.790. The number of benzene rings is 1. The zero-order chi connectivity index (χ0) is 14.4. The van der Waals surface area contributed by atoms with Crippen LogP contribution in [0.1, 0.15) is 30.6 Å². The summed E-state index contributed by atoms with van der Waals surface area (Å²) in [5, 5.41) is 9.64. The average Bonchev–Trinajstić information content (AvgIpc) is 2.44. The second kappa shape index (κ2) is 4.21. The monoisotopic (exact) mass is 284 g/mol. The molecule has 7 heteroatoms. The molecule has 1 aliphatic rings. The molecule has 1 amide bonds. The van der Waals surface area contributed by atoms with E-state index < -0.39 is 21.5 Å². The highest BCUT2D eigenvalue weighted by atomic mass is 32.2. The van der Waals surface area contributed by atoms with Crippen LogP contribution in [0.25, 0.3) is 0 Å². The molecule has 1 aromatic rings. The molecule has 6 nitrogen and oxygen atoms in total. The number of nitrogens with two attached hydrogens (primary N) is 1. The van der Waals surface area contributed by atoms with E-state index in [1.54, 1.807) is 13.8 Å². The molecule has 19 heavy (non-hydrogen) atoms. The van der Waals surface area contributed by atoms with E-state index in [9.17, 15) is 18.3 Å². The van der Waals surface area contributed by atoms with Gasteiger partial charge in [-0.25, -0.2) is 12.7 Å². The largest absolute Gasteiger partial charge is 0.399 e. The minimum Gasteiger partial charge on any atom is -0.399 e. The zero-order valence-corrected chi connectivity index (χ0v) is 11.6. The van der Waals surface area contributed by atoms with Gasteiger partial charge >= 0.3 is 0 Å². The number of carbonyl (C=O) groups excluding carboxylic acids is 1. The molecule has 0 radical (unpaired) electrons. The van der Waals surface area contributed by atoms with Crippen molar-refractivity contribution in [3.63, 3.8) is 0 Å². The third-order valence-corrected chi connectivity index (χ3v) is 4.78. The normalized spacial score (nSPS) is 17.6. The number of hydrogen-bond donors (Lipinski definition) is 2. The zero-order valence-electron chi connectivity index (χ0n) is 10.8. The minimum absolute atomic E-state index is 0.0563. The highest BCUT2D eigenvalue weighted by Crippen LogP contribution is 2.32. The first kappa shape index (κ1) is 13.8. The van der Waals surface area contributed by atoms with Gasteiger partial charge in [-0.05, 0) is 38.5 Å². The number of hydrogen-bond acceptors (Lipinski definition) is 5. The summed E-state index contributed by atoms with van der Waals surface area (Å²) in [5.41, 5.74) is 4.93. The predicted octanol–water partition coefficient (Wildman–Crippen LogP) is 0.574. The summed E-state index contributed by atoms with van der Waals surface area (Å²) in [6, 6.07) is 4.19. The predicted molar refractivity (Wildman–Crippen MR) is 70.0 cm³/mol. The third kappa shape index (κ3) is 2.43. The van der Waals surface area contributed by atoms with Gasteiger partial charge in [0, 0.05) is 12.2 Å². The van der Waals surface area contributed by atoms with Gasteiger partial charge in [0.2, 0.25) is 0 Å². The van der Waals surface area contributed by atoms with Crippen molar-refractivity contribution in [1.29, 1.82) is 0 Å². The van der Waals surface area contributed by atoms with E-state index in [1.807, 2.05) is 0 Å². The smallest absolute Gasteiger partial charge is 0.269 e. The Balaban J connectivity index is 2.38. The maximum Gasteiger partial charge on any atom is 0.269 e. The minimum atomic E-state index is -3.85. The molecule has 0 saturated carbocycles. The summed E-state index contributed by atoms with van der Waals surface area (Å²) in [7, 11) is -3.85. The second-order valence-electron chi connectivity index (χ2n) is 5.20. The van der Waals surface area contributed by atoms with Crippen LogP contribution in [0.2, 0.25) is 0 Å². The Labute approximate surface area is 111 Å². The van der Waals surface area contributed by atoms with Gasteiger partial charge in [0.05, 0.1) is 11.2 Å². The molecule has 0 atom stereocenters. The number of sulfonamides is 1. The first-order valence-electron chi connectivity index (χ1n) is 5.82. The lowest BCUT2D eigenvalue weighted by atomic mass is 10.1. The van der Waals surface area contributed by atoms with Crippen molar-refractivity contribution in [2.45, 2.75) is 30.8 Å². The lowest BCUT2D eigenvalue weighted by molar-refractivity contribution is 0.0616. The fraction of sp³-hybridized carbons (Fsp3) is 0.417. The number of amides is 1. The number of nitrogen functional groups attached to an aromatic ring is 1. The van der Waals surface area contributed by atoms with Crippen molar-refractivity contribution in [3.05, 3.63) is 23.8 Å². The molecule has 0 aromatic heterocycles. The molecule has 1 aromatic carbocycles. The molecular weight excluding hydrogens is 268 g/mol. The van der Waals surface area contributed by atoms with E-state index in [2.05, 4.69) is 0 Å². The second-order valence-corrected chi connectivity index (χ2v) is 7.03. The van der Waals surface area contributed by atoms with Gasteiger partial charge in [0.1, 0.15) is 4.90 Å². The van der Waals surface area contributed by atoms with Gasteiger partial charge in [-0.1, -0.05) is 0 Å². The number of carbonyl (C=O) groups is 1. The summed E-state index contributed by atoms with van der Waals surface area (Å²) in [5.74, 6) is -0.570. The van der Waals surface area contributed by atoms with Crippen LogP contribution >= 0.6 is 0 Å². The van der Waals surface area contributed by atoms with Gasteiger partial charge < -0.3 is 10.8 Å². The summed E-state index contributed by atoms with van der Waals surface area (Å²) in [6.45, 7) is 3.07. The topological polar surface area (TPSA) is 101 Å². The third-order valence-electron chi connectivity index (χ3n) is 2.96. The molecule has 2 rings (SSSR count). The van der Waals surface area contributed by atoms with Crippen molar-refractivity contribution >= 4 is 21.6 Å². The number of nitrogens with zero attached hydrogens (tertiary/aromatic N) is 1. The van der Waals surface area contributed by atoms with E-state index in [0.29, 0.717) is 5.69 Å². The van der Waals surface area contributed by atoms with E-state index >= 15 is 0 Å². The highest BCUT2D eigenvalue weighted by Gasteiger charge is 2.41. The van der Waals surface area contributed by atoms with Crippen molar-refractivity contribution in [3.8, 4) is 0 Å². The molecule has 1 heterocycles. The highest BCUT2D eigenvalue weighted by molar-refractivity contribution is 7.90. The summed E-state index contributed by atoms with van der Waals surface area (Å²) >= 11 is 0. The lowest BCUT2D eigenvalue weighted by Gasteiger charge is -2.21. The first-order chi connectivity index (χ1) is 8.63. The summed E-state index contributed by atoms with van der Waals surface area (Å²) in [6.07, 6.45) is 0.168. The number of fused-ring (bicyclic) bond motifs is 1. The molecule has 3 N–H and O–H groups in total. The van der Waals surface area contributed by atoms with Crippen molar-refractivity contribution in [2.75, 3.05) is 12.3 Å². The molecule has 0 spiro atoms. The van der Waals surface area contributed by atoms with Gasteiger partial charge in [0.15, 0.2) is 0 Å². The van der Waals surface area contributed by atoms with Crippen LogP contribution in [-0.4, -0.2) is 35.9 Å². The van der Waals surface area contributed by atoms with E-state index in [0.717, 1.165) is 4.31 Å². The van der Waals surface area contributed by atoms with Gasteiger partial charge in [-0.3, -0.25) is 4.79 Å². The maximum atomic E-state index is 12.2. The summed E-state index contributed by atoms with van der Waals surface area (Å²) in [4.78, 5) is 12.0. The molecular formula is C12H16N2O4S. The van der Waals surface area contributed by atoms with Crippen LogP contribution in [0.4, 0.5) is 5.69 Å². The maximum absolute atomic E-state index is 12.2. The Morgan fingerprint density at radius 1 is 1.37 bits per heavy atom. The molecule has 0 unspecified atom stereocenters. The van der Waals surface area contributed by atoms with Gasteiger partial charge in [-0.2, -0.15) is 0 Å². The number of aliphatic hydroxyl groups is 1. The first-order valence-corrected chi connectivity index (χ1v) is 7.26. The molecule has 0 aliphatic carbocycles. The van der Waals surface area contributed by atoms with Crippen LogP contribution in [0.3, 0.4) is 0 Å². The Morgan fingerprint density at radius 2 is 2.00 bits per heavy atom. The molecule has 1 aliphatic heterocycles. The van der Waals surface area contributed by atoms with Crippen molar-refractivity contribution in [2.24, 2.45) is 0 Å². The number of rotatable bonds is 3. The Morgan fingerprint density at radius 3 is 2.58 bits per heavy atom. The van der Waals surface area contributed by atoms with Crippen LogP contribution in [-0.2, 0) is 10.0 Å². The standard InChI is InChI=1S/C12H16N2O4S/c1-12(2,16)5-6-14-11(15)9-4-3-8(13)7-10(9)19(14,17)18/h3-4,7,16H,5-6,13H2,1-2H3. The van der Waals surface area contributed by atoms with E-state index in [-0.39, 0.29) is 23.4 Å². The van der Waals surface area contributed by atoms with Crippen LogP contribution in [0.5, 0.6) is 0 Å². The van der Waals surface area contributed by atoms with Gasteiger partial charge in [-0.15, -0.1) is 0 Å². The van der Waals surface area contributed by atoms with Crippen molar-refractivity contribution < 1.29 is 18.3 Å². The summed E-state index contributed by atoms with van der Waals surface area (Å²) < 4.78 is 25.3. The molecule has 0 bridgehead atoms. The SMILES string of the molecule is CC(C)(O)CCN1C(=O)c2ccc(N)cc2S1(=O)=O. The Kier molecular flexibility index (Phi) is 3.06. The number of anilines is 1. The van der Waals surface area contributed by atoms with E-state index in [4.69, 9.17) is 5.73 Å². The Hall–Kier alpha value is -1.60. The van der Waals surface area contributed by atoms with Crippen molar-refractivity contribution in [1.82, 2.24) is 4.31 Å². The fourth-order valence-corrected chi connectivity index (χ4v) is 3.49. The van der Waals surface area contributed by atoms with Crippen LogP contribution in [0, 0.1) is 0 Å². The molecule has 0 fully saturated rings. The van der Waals surface area contributed by atoms with Gasteiger partial charge in [0.25, 0.3) is 15.9 Å². The molecule has 0 saturated heterocycles. The molecule has 104 valence electrons. The Bertz CT molecular complexity index is 632. The fourth-order valence-electron chi connectivity index (χ4n) is 1.89. The van der Waals surface area contributed by atoms with Crippen LogP contribution < -0.4 is 5.73 Å². The average molecular weight is 284 g/mol. The van der Waals surface area contributed by atoms with E-state index in [1.165, 1.54) is 18.2 Å². The lowest BCUT2D eigenvalue weighted by Crippen LogP contribution is -2.35.